The number of ketones is 1. The van der Waals surface area contributed by atoms with E-state index < -0.39 is 0 Å². The number of nitrogens with one attached hydrogen (secondary N) is 1. The van der Waals surface area contributed by atoms with Gasteiger partial charge < -0.3 is 15.1 Å². The number of anilines is 1. The molecule has 0 atom stereocenters. The number of nitriles is 1. The molecule has 2 aromatic rings. The van der Waals surface area contributed by atoms with Gasteiger partial charge in [0.1, 0.15) is 5.69 Å². The maximum atomic E-state index is 12.8. The summed E-state index contributed by atoms with van der Waals surface area (Å²) in [6.45, 7) is 3.30. The van der Waals surface area contributed by atoms with Gasteiger partial charge in [-0.05, 0) is 63.0 Å². The third kappa shape index (κ3) is 6.49. The van der Waals surface area contributed by atoms with E-state index in [1.807, 2.05) is 20.2 Å². The average Bonchev–Trinajstić information content (AvgIpc) is 2.68. The highest BCUT2D eigenvalue weighted by Crippen LogP contribution is 2.12. The van der Waals surface area contributed by atoms with Gasteiger partial charge in [-0.2, -0.15) is 5.26 Å². The molecule has 7 heteroatoms. The lowest BCUT2D eigenvalue weighted by Crippen LogP contribution is -2.36. The fourth-order valence-corrected chi connectivity index (χ4v) is 2.61. The van der Waals surface area contributed by atoms with Gasteiger partial charge in [0.2, 0.25) is 0 Å². The van der Waals surface area contributed by atoms with Gasteiger partial charge in [0.15, 0.2) is 5.78 Å². The molecule has 0 fully saturated rings. The lowest BCUT2D eigenvalue weighted by atomic mass is 10.2. The van der Waals surface area contributed by atoms with E-state index >= 15 is 0 Å². The minimum Gasteiger partial charge on any atom is -0.320 e. The Morgan fingerprint density at radius 2 is 1.82 bits per heavy atom. The van der Waals surface area contributed by atoms with Gasteiger partial charge in [-0.3, -0.25) is 9.78 Å². The van der Waals surface area contributed by atoms with Crippen molar-refractivity contribution in [3.8, 4) is 6.07 Å². The average molecular weight is 379 g/mol. The van der Waals surface area contributed by atoms with Crippen LogP contribution in [0.1, 0.15) is 35.0 Å². The predicted molar refractivity (Wildman–Crippen MR) is 108 cm³/mol. The molecule has 0 aliphatic carbocycles. The summed E-state index contributed by atoms with van der Waals surface area (Å²) in [5, 5.41) is 11.8. The molecule has 7 nitrogen and oxygen atoms in total. The fraction of sp³-hybridized carbons (Fsp3) is 0.333. The van der Waals surface area contributed by atoms with Crippen LogP contribution in [0, 0.1) is 11.3 Å². The Morgan fingerprint density at radius 3 is 2.36 bits per heavy atom. The Labute approximate surface area is 165 Å². The number of aromatic nitrogens is 1. The summed E-state index contributed by atoms with van der Waals surface area (Å²) in [6.07, 6.45) is 2.46. The molecule has 0 spiro atoms. The number of rotatable bonds is 8. The number of benzene rings is 1. The summed E-state index contributed by atoms with van der Waals surface area (Å²) in [6, 6.07) is 12.1. The first-order valence-corrected chi connectivity index (χ1v) is 9.05. The van der Waals surface area contributed by atoms with Crippen molar-refractivity contribution < 1.29 is 9.59 Å². The Bertz CT molecular complexity index is 839. The minimum atomic E-state index is -0.223. The van der Waals surface area contributed by atoms with Crippen molar-refractivity contribution in [3.05, 3.63) is 59.4 Å². The molecule has 146 valence electrons. The molecular formula is C21H25N5O2. The van der Waals surface area contributed by atoms with Crippen LogP contribution in [-0.2, 0) is 6.54 Å². The molecular weight excluding hydrogens is 354 g/mol. The zero-order valence-electron chi connectivity index (χ0n) is 16.5. The van der Waals surface area contributed by atoms with Crippen molar-refractivity contribution in [2.75, 3.05) is 32.5 Å². The molecule has 1 N–H and O–H groups in total. The van der Waals surface area contributed by atoms with Gasteiger partial charge in [0, 0.05) is 31.9 Å². The van der Waals surface area contributed by atoms with Crippen LogP contribution >= 0.6 is 0 Å². The third-order valence-corrected chi connectivity index (χ3v) is 4.14. The Hall–Kier alpha value is -3.24. The highest BCUT2D eigenvalue weighted by atomic mass is 16.2. The fourth-order valence-electron chi connectivity index (χ4n) is 2.61. The SMILES string of the molecule is CC(=O)c1ccc(CN(CCCN(C)C)C(=O)Nc2ccc(C#N)cc2)cn1. The molecule has 0 saturated carbocycles. The van der Waals surface area contributed by atoms with E-state index in [1.165, 1.54) is 6.92 Å². The second-order valence-electron chi connectivity index (χ2n) is 6.81. The van der Waals surface area contributed by atoms with E-state index in [4.69, 9.17) is 5.26 Å². The van der Waals surface area contributed by atoms with Crippen LogP contribution in [-0.4, -0.2) is 53.8 Å². The van der Waals surface area contributed by atoms with E-state index in [9.17, 15) is 9.59 Å². The molecule has 1 aromatic carbocycles. The number of Topliss-reactive ketones (excluding diaryl/α,β-unsaturated/α-hetero) is 1. The molecule has 0 unspecified atom stereocenters. The predicted octanol–water partition coefficient (Wildman–Crippen LogP) is 3.14. The monoisotopic (exact) mass is 379 g/mol. The molecule has 0 radical (unpaired) electrons. The van der Waals surface area contributed by atoms with Gasteiger partial charge in [-0.15, -0.1) is 0 Å². The molecule has 2 rings (SSSR count). The molecule has 0 aliphatic heterocycles. The number of nitrogens with zero attached hydrogens (tertiary/aromatic N) is 4. The van der Waals surface area contributed by atoms with E-state index in [1.54, 1.807) is 41.4 Å². The van der Waals surface area contributed by atoms with Crippen molar-refractivity contribution in [1.29, 1.82) is 5.26 Å². The maximum absolute atomic E-state index is 12.8. The highest BCUT2D eigenvalue weighted by molar-refractivity contribution is 5.92. The highest BCUT2D eigenvalue weighted by Gasteiger charge is 2.15. The van der Waals surface area contributed by atoms with Gasteiger partial charge in [0.25, 0.3) is 0 Å². The van der Waals surface area contributed by atoms with E-state index in [0.717, 1.165) is 18.5 Å². The zero-order valence-corrected chi connectivity index (χ0v) is 16.5. The van der Waals surface area contributed by atoms with Crippen molar-refractivity contribution in [1.82, 2.24) is 14.8 Å². The molecule has 1 aromatic heterocycles. The van der Waals surface area contributed by atoms with Gasteiger partial charge in [0.05, 0.1) is 11.6 Å². The Morgan fingerprint density at radius 1 is 1.11 bits per heavy atom. The van der Waals surface area contributed by atoms with E-state index in [0.29, 0.717) is 30.0 Å². The molecule has 0 saturated heterocycles. The number of carbonyl (C=O) groups excluding carboxylic acids is 2. The topological polar surface area (TPSA) is 89.3 Å². The van der Waals surface area contributed by atoms with Crippen LogP contribution in [0.15, 0.2) is 42.6 Å². The summed E-state index contributed by atoms with van der Waals surface area (Å²) < 4.78 is 0. The van der Waals surface area contributed by atoms with Gasteiger partial charge >= 0.3 is 6.03 Å². The standard InChI is InChI=1S/C21H25N5O2/c1-16(27)20-10-7-18(14-23-20)15-26(12-4-11-25(2)3)21(28)24-19-8-5-17(13-22)6-9-19/h5-10,14H,4,11-12,15H2,1-3H3,(H,24,28). The largest absolute Gasteiger partial charge is 0.322 e. The first-order chi connectivity index (χ1) is 13.4. The normalized spacial score (nSPS) is 10.4. The van der Waals surface area contributed by atoms with Crippen LogP contribution in [0.3, 0.4) is 0 Å². The van der Waals surface area contributed by atoms with Crippen LogP contribution in [0.25, 0.3) is 0 Å². The summed E-state index contributed by atoms with van der Waals surface area (Å²) in [5.41, 5.74) is 2.43. The van der Waals surface area contributed by atoms with Crippen LogP contribution < -0.4 is 5.32 Å². The third-order valence-electron chi connectivity index (χ3n) is 4.14. The second-order valence-corrected chi connectivity index (χ2v) is 6.81. The van der Waals surface area contributed by atoms with Crippen LogP contribution in [0.2, 0.25) is 0 Å². The van der Waals surface area contributed by atoms with Crippen LogP contribution in [0.5, 0.6) is 0 Å². The lowest BCUT2D eigenvalue weighted by Gasteiger charge is -2.24. The van der Waals surface area contributed by atoms with Gasteiger partial charge in [-0.25, -0.2) is 4.79 Å². The number of pyridine rings is 1. The van der Waals surface area contributed by atoms with Crippen molar-refractivity contribution in [2.24, 2.45) is 0 Å². The summed E-state index contributed by atoms with van der Waals surface area (Å²) >= 11 is 0. The molecule has 28 heavy (non-hydrogen) atoms. The van der Waals surface area contributed by atoms with Crippen molar-refractivity contribution in [3.63, 3.8) is 0 Å². The summed E-state index contributed by atoms with van der Waals surface area (Å²) in [5.74, 6) is -0.0899. The van der Waals surface area contributed by atoms with E-state index in [-0.39, 0.29) is 11.8 Å². The Kier molecular flexibility index (Phi) is 7.66. The first kappa shape index (κ1) is 21.1. The molecule has 0 aliphatic rings. The van der Waals surface area contributed by atoms with Crippen LogP contribution in [0.4, 0.5) is 10.5 Å². The smallest absolute Gasteiger partial charge is 0.320 e. The van der Waals surface area contributed by atoms with Crippen molar-refractivity contribution >= 4 is 17.5 Å². The van der Waals surface area contributed by atoms with Gasteiger partial charge in [-0.1, -0.05) is 6.07 Å². The molecule has 2 amide bonds. The number of urea groups is 1. The minimum absolute atomic E-state index is 0.0899. The summed E-state index contributed by atoms with van der Waals surface area (Å²) in [4.78, 5) is 32.1. The quantitative estimate of drug-likeness (QED) is 0.712. The lowest BCUT2D eigenvalue weighted by molar-refractivity contribution is 0.101. The number of hydrogen-bond acceptors (Lipinski definition) is 5. The Balaban J connectivity index is 2.08. The van der Waals surface area contributed by atoms with E-state index in [2.05, 4.69) is 21.3 Å². The summed E-state index contributed by atoms with van der Waals surface area (Å²) in [7, 11) is 3.98. The molecule has 1 heterocycles. The maximum Gasteiger partial charge on any atom is 0.322 e. The number of amides is 2. The van der Waals surface area contributed by atoms with Crippen molar-refractivity contribution in [2.45, 2.75) is 19.9 Å². The number of hydrogen-bond donors (Lipinski definition) is 1. The first-order valence-electron chi connectivity index (χ1n) is 9.05. The zero-order chi connectivity index (χ0) is 20.5. The second kappa shape index (κ2) is 10.2. The number of carbonyl (C=O) groups is 2. The molecule has 0 bridgehead atoms.